The number of benzene rings is 3. The van der Waals surface area contributed by atoms with E-state index in [2.05, 4.69) is 26.1 Å². The highest BCUT2D eigenvalue weighted by Crippen LogP contribution is 2.49. The molecule has 0 bridgehead atoms. The van der Waals surface area contributed by atoms with E-state index in [1.54, 1.807) is 25.1 Å². The molecule has 4 amide bonds. The lowest BCUT2D eigenvalue weighted by atomic mass is 9.65. The molecule has 1 atom stereocenters. The summed E-state index contributed by atoms with van der Waals surface area (Å²) in [6, 6.07) is 9.78. The number of pyridine rings is 1. The summed E-state index contributed by atoms with van der Waals surface area (Å²) in [5.41, 5.74) is -1.16. The summed E-state index contributed by atoms with van der Waals surface area (Å²) in [4.78, 5) is 61.7. The van der Waals surface area contributed by atoms with E-state index in [-0.39, 0.29) is 88.2 Å². The van der Waals surface area contributed by atoms with Gasteiger partial charge in [0, 0.05) is 109 Å². The molecular weight excluding hydrogens is 961 g/mol. The highest BCUT2D eigenvalue weighted by Gasteiger charge is 2.46. The largest absolute Gasteiger partial charge is 0.508 e. The zero-order valence-corrected chi connectivity index (χ0v) is 42.6. The van der Waals surface area contributed by atoms with Crippen molar-refractivity contribution in [2.24, 2.45) is 16.7 Å². The third-order valence-corrected chi connectivity index (χ3v) is 16.7. The molecule has 2 saturated carbocycles. The van der Waals surface area contributed by atoms with E-state index in [0.29, 0.717) is 92.5 Å². The summed E-state index contributed by atoms with van der Waals surface area (Å²) in [6.45, 7) is 5.75. The number of rotatable bonds is 12. The third kappa shape index (κ3) is 10.3. The molecule has 2 aromatic heterocycles. The zero-order chi connectivity index (χ0) is 54.0. The van der Waals surface area contributed by atoms with E-state index in [0.717, 1.165) is 58.2 Å². The van der Waals surface area contributed by atoms with Crippen molar-refractivity contribution in [3.8, 4) is 41.1 Å². The second-order valence-corrected chi connectivity index (χ2v) is 22.0. The number of halogens is 2. The number of fused-ring (bicyclic) bond motifs is 2. The second kappa shape index (κ2) is 20.1. The van der Waals surface area contributed by atoms with Crippen molar-refractivity contribution in [2.75, 3.05) is 95.5 Å². The number of phenols is 1. The number of hydrogen-bond donors (Lipinski definition) is 3. The molecule has 4 saturated heterocycles. The van der Waals surface area contributed by atoms with E-state index in [9.17, 15) is 27.3 Å². The predicted octanol–water partition coefficient (Wildman–Crippen LogP) is 7.51. The van der Waals surface area contributed by atoms with Crippen LogP contribution in [0.15, 0.2) is 48.7 Å². The van der Waals surface area contributed by atoms with Crippen LogP contribution in [0.1, 0.15) is 96.2 Å². The van der Waals surface area contributed by atoms with E-state index in [1.807, 2.05) is 14.7 Å². The van der Waals surface area contributed by atoms with Gasteiger partial charge in [-0.2, -0.15) is 9.97 Å². The predicted molar refractivity (Wildman–Crippen MR) is 280 cm³/mol. The molecule has 16 nitrogen and oxygen atoms in total. The standard InChI is InChI=1S/C57H65F2N9O7/c1-4-40-43(58)8-6-37-28-39(69)30-41(47(37)40)49-48(59)50-42(31-60-49)51(67-20-5-13-55(2,73)33-67)63-53(62-50)75-35-57(16-17-57)34-65-26-24-64(25-27-65)32-36-10-14-56(15-11-36)18-22-66(23-19-56)52(71)38-7-9-45(74-3)44(29-38)68-21-12-46(70)61-54(68)72/h1,6-9,28-31,36,69,73H,5,10-27,32-35H2,2-3H3,(H,61,70,72)/t55-/m1/s1/i34D2. The van der Waals surface area contributed by atoms with Crippen LogP contribution in [0.5, 0.6) is 17.5 Å². The van der Waals surface area contributed by atoms with Crippen LogP contribution in [0, 0.1) is 40.7 Å². The van der Waals surface area contributed by atoms with Crippen LogP contribution in [-0.2, 0) is 4.79 Å². The van der Waals surface area contributed by atoms with Gasteiger partial charge in [-0.15, -0.1) is 6.42 Å². The van der Waals surface area contributed by atoms with Crippen LogP contribution in [0.4, 0.5) is 25.1 Å². The molecule has 3 N–H and O–H groups in total. The number of imide groups is 1. The first-order valence-corrected chi connectivity index (χ1v) is 26.3. The van der Waals surface area contributed by atoms with Crippen LogP contribution in [0.2, 0.25) is 0 Å². The number of piperazine rings is 1. The fraction of sp³-hybridized carbons (Fsp3) is 0.509. The van der Waals surface area contributed by atoms with Crippen molar-refractivity contribution in [3.05, 3.63) is 71.4 Å². The van der Waals surface area contributed by atoms with Gasteiger partial charge in [0.2, 0.25) is 5.91 Å². The Balaban J connectivity index is 0.718. The van der Waals surface area contributed by atoms with Gasteiger partial charge in [0.25, 0.3) is 5.91 Å². The number of aromatic hydroxyl groups is 1. The number of terminal acetylenes is 1. The topological polar surface area (TPSA) is 177 Å². The number of carbonyl (C=O) groups is 3. The molecule has 18 heteroatoms. The smallest absolute Gasteiger partial charge is 0.328 e. The number of phenolic OH excluding ortho intramolecular Hbond substituents is 1. The molecule has 3 aromatic carbocycles. The summed E-state index contributed by atoms with van der Waals surface area (Å²) >= 11 is 0. The number of anilines is 2. The van der Waals surface area contributed by atoms with Crippen molar-refractivity contribution in [1.82, 2.24) is 35.0 Å². The maximum atomic E-state index is 17.2. The number of carbonyl (C=O) groups excluding carboxylic acids is 3. The molecule has 0 radical (unpaired) electrons. The van der Waals surface area contributed by atoms with Crippen molar-refractivity contribution in [1.29, 1.82) is 0 Å². The van der Waals surface area contributed by atoms with Crippen LogP contribution >= 0.6 is 0 Å². The molecule has 75 heavy (non-hydrogen) atoms. The van der Waals surface area contributed by atoms with Crippen molar-refractivity contribution >= 4 is 51.0 Å². The Morgan fingerprint density at radius 3 is 2.41 bits per heavy atom. The van der Waals surface area contributed by atoms with Crippen molar-refractivity contribution in [2.45, 2.75) is 83.2 Å². The Morgan fingerprint density at radius 2 is 1.71 bits per heavy atom. The lowest BCUT2D eigenvalue weighted by molar-refractivity contribution is -0.120. The number of nitrogens with one attached hydrogen (secondary N) is 1. The fourth-order valence-electron chi connectivity index (χ4n) is 12.2. The van der Waals surface area contributed by atoms with Gasteiger partial charge >= 0.3 is 12.0 Å². The van der Waals surface area contributed by atoms with Crippen LogP contribution in [-0.4, -0.2) is 149 Å². The van der Waals surface area contributed by atoms with Gasteiger partial charge in [-0.05, 0) is 124 Å². The Labute approximate surface area is 438 Å². The van der Waals surface area contributed by atoms with E-state index < -0.39 is 35.2 Å². The fourth-order valence-corrected chi connectivity index (χ4v) is 12.2. The van der Waals surface area contributed by atoms with Gasteiger partial charge in [-0.1, -0.05) is 12.0 Å². The molecule has 6 fully saturated rings. The number of β-amino-alcohol motifs (C(OH)–C–C–N with tert-alkyl or cyclic N) is 1. The number of aliphatic hydroxyl groups is 1. The summed E-state index contributed by atoms with van der Waals surface area (Å²) < 4.78 is 63.2. The average Bonchev–Trinajstić information content (AvgIpc) is 4.33. The lowest BCUT2D eigenvalue weighted by Crippen LogP contribution is -2.50. The number of urea groups is 1. The lowest BCUT2D eigenvalue weighted by Gasteiger charge is -2.47. The average molecular weight is 1030 g/mol. The maximum absolute atomic E-state index is 17.2. The Bertz CT molecular complexity index is 3200. The van der Waals surface area contributed by atoms with Gasteiger partial charge in [-0.25, -0.2) is 13.6 Å². The summed E-state index contributed by atoms with van der Waals surface area (Å²) in [6.07, 6.45) is 16.0. The van der Waals surface area contributed by atoms with Crippen LogP contribution in [0.25, 0.3) is 32.9 Å². The molecule has 11 rings (SSSR count). The number of piperidine rings is 2. The van der Waals surface area contributed by atoms with Crippen molar-refractivity contribution in [3.63, 3.8) is 0 Å². The van der Waals surface area contributed by atoms with Crippen LogP contribution in [0.3, 0.4) is 0 Å². The molecule has 6 heterocycles. The van der Waals surface area contributed by atoms with Crippen LogP contribution < -0.4 is 24.6 Å². The first-order chi connectivity index (χ1) is 36.9. The maximum Gasteiger partial charge on any atom is 0.328 e. The molecule has 394 valence electrons. The van der Waals surface area contributed by atoms with Gasteiger partial charge in [0.05, 0.1) is 36.0 Å². The monoisotopic (exact) mass is 1030 g/mol. The number of hydrogen-bond acceptors (Lipinski definition) is 13. The third-order valence-electron chi connectivity index (χ3n) is 16.7. The number of ether oxygens (including phenoxy) is 2. The summed E-state index contributed by atoms with van der Waals surface area (Å²) in [5, 5.41) is 25.0. The number of amides is 4. The first-order valence-electron chi connectivity index (χ1n) is 27.3. The normalized spacial score (nSPS) is 23.0. The molecule has 6 aliphatic rings. The van der Waals surface area contributed by atoms with Gasteiger partial charge < -0.3 is 39.3 Å². The SMILES string of the molecule is [2H]C([2H])(N1CCN(CC2CCC3(CC2)CCN(C(=O)c2ccc(OC)c(N4CCC(=O)NC4=O)c2)CC3)CC1)C1(COc2nc(N3CCC[C@@](C)(O)C3)c3cnc(-c4cc(O)cc5ccc(F)c(C#C)c45)c(F)c3n2)CC1. The summed E-state index contributed by atoms with van der Waals surface area (Å²) in [5.74, 6) is 1.50. The highest BCUT2D eigenvalue weighted by atomic mass is 19.1. The van der Waals surface area contributed by atoms with Gasteiger partial charge in [0.1, 0.15) is 34.3 Å². The highest BCUT2D eigenvalue weighted by molar-refractivity contribution is 6.07. The minimum Gasteiger partial charge on any atom is -0.508 e. The van der Waals surface area contributed by atoms with Crippen molar-refractivity contribution < 1.29 is 45.6 Å². The molecule has 4 aliphatic heterocycles. The number of aromatic nitrogens is 3. The molecule has 1 spiro atoms. The number of nitrogens with zero attached hydrogens (tertiary/aromatic N) is 8. The molecular formula is C57H65F2N9O7. The minimum absolute atomic E-state index is 0.0501. The molecule has 0 unspecified atom stereocenters. The van der Waals surface area contributed by atoms with E-state index in [1.165, 1.54) is 42.5 Å². The quantitative estimate of drug-likeness (QED) is 0.105. The Morgan fingerprint density at radius 1 is 0.947 bits per heavy atom. The minimum atomic E-state index is -1.72. The van der Waals surface area contributed by atoms with Gasteiger partial charge in [0.15, 0.2) is 5.82 Å². The zero-order valence-electron chi connectivity index (χ0n) is 44.6. The summed E-state index contributed by atoms with van der Waals surface area (Å²) in [7, 11) is 1.51. The second-order valence-electron chi connectivity index (χ2n) is 22.0. The number of likely N-dealkylation sites (tertiary alicyclic amines) is 1. The van der Waals surface area contributed by atoms with Gasteiger partial charge in [-0.3, -0.25) is 24.8 Å². The Kier molecular flexibility index (Phi) is 12.9. The molecule has 2 aliphatic carbocycles. The van der Waals surface area contributed by atoms with E-state index >= 15 is 8.78 Å². The van der Waals surface area contributed by atoms with E-state index in [4.69, 9.17) is 20.9 Å². The molecule has 5 aromatic rings. The Hall–Kier alpha value is -6.68. The first kappa shape index (κ1) is 48.0. The number of methoxy groups -OCH3 is 1.